The van der Waals surface area contributed by atoms with Crippen molar-refractivity contribution < 1.29 is 0 Å². The molecule has 0 saturated heterocycles. The normalized spacial score (nSPS) is 11.9. The summed E-state index contributed by atoms with van der Waals surface area (Å²) in [6, 6.07) is 13.1. The van der Waals surface area contributed by atoms with Crippen LogP contribution in [0.15, 0.2) is 51.9 Å². The van der Waals surface area contributed by atoms with Crippen LogP contribution < -0.4 is 4.80 Å². The first kappa shape index (κ1) is 15.7. The number of benzene rings is 2. The Morgan fingerprint density at radius 2 is 1.86 bits per heavy atom. The summed E-state index contributed by atoms with van der Waals surface area (Å²) in [6.07, 6.45) is 0. The van der Waals surface area contributed by atoms with Gasteiger partial charge in [0.2, 0.25) is 4.80 Å². The van der Waals surface area contributed by atoms with E-state index in [1.54, 1.807) is 12.1 Å². The smallest absolute Gasteiger partial charge is 0.227 e. The maximum atomic E-state index is 6.25. The summed E-state index contributed by atoms with van der Waals surface area (Å²) in [5.41, 5.74) is 1.69. The summed E-state index contributed by atoms with van der Waals surface area (Å²) in [6.45, 7) is 0. The second-order valence-electron chi connectivity index (χ2n) is 4.52. The Bertz CT molecular complexity index is 885. The van der Waals surface area contributed by atoms with Crippen molar-refractivity contribution in [1.82, 2.24) is 8.94 Å². The van der Waals surface area contributed by atoms with Crippen LogP contribution >= 0.6 is 50.7 Å². The van der Waals surface area contributed by atoms with Crippen LogP contribution in [-0.2, 0) is 7.05 Å². The summed E-state index contributed by atoms with van der Waals surface area (Å²) < 4.78 is 2.96. The van der Waals surface area contributed by atoms with E-state index in [0.29, 0.717) is 14.8 Å². The molecular formula is C15H10BrCl2N3S. The van der Waals surface area contributed by atoms with Crippen LogP contribution in [0.2, 0.25) is 10.0 Å². The lowest BCUT2D eigenvalue weighted by molar-refractivity contribution is 1.00. The van der Waals surface area contributed by atoms with Crippen LogP contribution in [0, 0.1) is 0 Å². The summed E-state index contributed by atoms with van der Waals surface area (Å²) >= 11 is 17.1. The molecule has 0 aliphatic heterocycles. The number of rotatable bonds is 2. The van der Waals surface area contributed by atoms with E-state index >= 15 is 0 Å². The summed E-state index contributed by atoms with van der Waals surface area (Å²) in [7, 11) is 1.93. The van der Waals surface area contributed by atoms with E-state index in [2.05, 4.69) is 25.9 Å². The van der Waals surface area contributed by atoms with Crippen molar-refractivity contribution >= 4 is 56.4 Å². The molecule has 0 amide bonds. The van der Waals surface area contributed by atoms with E-state index in [0.717, 1.165) is 21.5 Å². The number of aryl methyl sites for hydroxylation is 1. The molecule has 0 spiro atoms. The SMILES string of the molecule is Cn1sc(=Nc2ccc(Br)cc2)nc1-c1ccc(Cl)cc1Cl. The van der Waals surface area contributed by atoms with E-state index < -0.39 is 0 Å². The third kappa shape index (κ3) is 3.43. The van der Waals surface area contributed by atoms with Gasteiger partial charge in [-0.3, -0.25) is 3.96 Å². The number of hydrogen-bond acceptors (Lipinski definition) is 3. The predicted octanol–water partition coefficient (Wildman–Crippen LogP) is 5.45. The molecule has 0 atom stereocenters. The highest BCUT2D eigenvalue weighted by Gasteiger charge is 2.10. The minimum Gasteiger partial charge on any atom is -0.281 e. The molecule has 0 aliphatic carbocycles. The number of halogens is 3. The zero-order chi connectivity index (χ0) is 15.7. The molecule has 0 saturated carbocycles. The monoisotopic (exact) mass is 413 g/mol. The molecule has 3 aromatic rings. The van der Waals surface area contributed by atoms with Crippen molar-refractivity contribution in [2.45, 2.75) is 0 Å². The van der Waals surface area contributed by atoms with Gasteiger partial charge in [-0.2, -0.15) is 4.98 Å². The van der Waals surface area contributed by atoms with Crippen molar-refractivity contribution in [2.24, 2.45) is 12.0 Å². The van der Waals surface area contributed by atoms with Gasteiger partial charge >= 0.3 is 0 Å². The predicted molar refractivity (Wildman–Crippen MR) is 95.9 cm³/mol. The van der Waals surface area contributed by atoms with Crippen LogP contribution in [-0.4, -0.2) is 8.94 Å². The molecule has 2 aromatic carbocycles. The molecule has 22 heavy (non-hydrogen) atoms. The van der Waals surface area contributed by atoms with Crippen LogP contribution in [0.5, 0.6) is 0 Å². The van der Waals surface area contributed by atoms with Gasteiger partial charge in [0.1, 0.15) is 0 Å². The van der Waals surface area contributed by atoms with Crippen LogP contribution in [0.4, 0.5) is 5.69 Å². The van der Waals surface area contributed by atoms with Crippen LogP contribution in [0.25, 0.3) is 11.4 Å². The average Bonchev–Trinajstić information content (AvgIpc) is 2.82. The van der Waals surface area contributed by atoms with Crippen molar-refractivity contribution in [3.05, 3.63) is 61.8 Å². The van der Waals surface area contributed by atoms with Gasteiger partial charge in [0.05, 0.1) is 10.7 Å². The lowest BCUT2D eigenvalue weighted by Crippen LogP contribution is -1.97. The van der Waals surface area contributed by atoms with Gasteiger partial charge in [-0.15, -0.1) is 0 Å². The van der Waals surface area contributed by atoms with E-state index in [9.17, 15) is 0 Å². The van der Waals surface area contributed by atoms with Gasteiger partial charge in [-0.05, 0) is 54.0 Å². The van der Waals surface area contributed by atoms with Crippen molar-refractivity contribution in [3.8, 4) is 11.4 Å². The topological polar surface area (TPSA) is 30.2 Å². The fourth-order valence-electron chi connectivity index (χ4n) is 1.92. The molecular weight excluding hydrogens is 405 g/mol. The first-order valence-corrected chi connectivity index (χ1v) is 8.65. The Balaban J connectivity index is 2.05. The van der Waals surface area contributed by atoms with Gasteiger partial charge < -0.3 is 0 Å². The molecule has 0 radical (unpaired) electrons. The zero-order valence-corrected chi connectivity index (χ0v) is 15.3. The van der Waals surface area contributed by atoms with Gasteiger partial charge in [0.25, 0.3) is 0 Å². The van der Waals surface area contributed by atoms with E-state index in [1.165, 1.54) is 11.5 Å². The van der Waals surface area contributed by atoms with Gasteiger partial charge in [0.15, 0.2) is 5.82 Å². The zero-order valence-electron chi connectivity index (χ0n) is 11.4. The molecule has 7 heteroatoms. The third-order valence-electron chi connectivity index (χ3n) is 2.94. The minimum absolute atomic E-state index is 0.573. The van der Waals surface area contributed by atoms with Gasteiger partial charge in [-0.1, -0.05) is 39.1 Å². The van der Waals surface area contributed by atoms with Gasteiger partial charge in [0, 0.05) is 22.1 Å². The lowest BCUT2D eigenvalue weighted by Gasteiger charge is -2.03. The standard InChI is InChI=1S/C15H10BrCl2N3S/c1-21-14(12-7-4-10(17)8-13(12)18)20-15(22-21)19-11-5-2-9(16)3-6-11/h2-8H,1H3. The molecule has 1 heterocycles. The van der Waals surface area contributed by atoms with Gasteiger partial charge in [-0.25, -0.2) is 4.99 Å². The lowest BCUT2D eigenvalue weighted by atomic mass is 10.2. The Morgan fingerprint density at radius 3 is 2.55 bits per heavy atom. The van der Waals surface area contributed by atoms with E-state index in [1.807, 2.05) is 41.3 Å². The molecule has 0 N–H and O–H groups in total. The first-order valence-electron chi connectivity index (χ1n) is 6.33. The Kier molecular flexibility index (Phi) is 4.68. The van der Waals surface area contributed by atoms with Crippen molar-refractivity contribution in [3.63, 3.8) is 0 Å². The van der Waals surface area contributed by atoms with Crippen molar-refractivity contribution in [2.75, 3.05) is 0 Å². The van der Waals surface area contributed by atoms with E-state index in [4.69, 9.17) is 23.2 Å². The summed E-state index contributed by atoms with van der Waals surface area (Å²) in [4.78, 5) is 9.77. The molecule has 3 rings (SSSR count). The highest BCUT2D eigenvalue weighted by Crippen LogP contribution is 2.29. The highest BCUT2D eigenvalue weighted by molar-refractivity contribution is 9.10. The van der Waals surface area contributed by atoms with Crippen LogP contribution in [0.1, 0.15) is 0 Å². The molecule has 0 bridgehead atoms. The number of aromatic nitrogens is 2. The molecule has 0 fully saturated rings. The number of hydrogen-bond donors (Lipinski definition) is 0. The van der Waals surface area contributed by atoms with Crippen molar-refractivity contribution in [1.29, 1.82) is 0 Å². The molecule has 0 aliphatic rings. The fraction of sp³-hybridized carbons (Fsp3) is 0.0667. The molecule has 3 nitrogen and oxygen atoms in total. The Hall–Kier alpha value is -1.14. The molecule has 0 unspecified atom stereocenters. The second-order valence-corrected chi connectivity index (χ2v) is 7.37. The maximum Gasteiger partial charge on any atom is 0.227 e. The first-order chi connectivity index (χ1) is 10.5. The second kappa shape index (κ2) is 6.54. The molecule has 1 aromatic heterocycles. The molecule has 112 valence electrons. The van der Waals surface area contributed by atoms with Crippen LogP contribution in [0.3, 0.4) is 0 Å². The maximum absolute atomic E-state index is 6.25. The third-order valence-corrected chi connectivity index (χ3v) is 4.81. The largest absolute Gasteiger partial charge is 0.281 e. The Labute approximate surface area is 150 Å². The minimum atomic E-state index is 0.573. The summed E-state index contributed by atoms with van der Waals surface area (Å²) in [5.74, 6) is 0.766. The number of nitrogens with zero attached hydrogens (tertiary/aromatic N) is 3. The quantitative estimate of drug-likeness (QED) is 0.548. The fourth-order valence-corrected chi connectivity index (χ4v) is 3.42. The summed E-state index contributed by atoms with van der Waals surface area (Å²) in [5, 5.41) is 1.18. The average molecular weight is 415 g/mol. The Morgan fingerprint density at radius 1 is 1.14 bits per heavy atom. The highest BCUT2D eigenvalue weighted by atomic mass is 79.9. The van der Waals surface area contributed by atoms with E-state index in [-0.39, 0.29) is 0 Å².